The Kier molecular flexibility index (Phi) is 6.43. The number of imide groups is 1. The third-order valence-corrected chi connectivity index (χ3v) is 2.96. The minimum atomic E-state index is -0.889. The van der Waals surface area contributed by atoms with E-state index in [1.165, 1.54) is 13.2 Å². The van der Waals surface area contributed by atoms with Gasteiger partial charge >= 0.3 is 6.09 Å². The highest BCUT2D eigenvalue weighted by Crippen LogP contribution is 2.26. The van der Waals surface area contributed by atoms with E-state index in [9.17, 15) is 9.59 Å². The number of amides is 2. The minimum Gasteiger partial charge on any atom is -0.496 e. The molecular formula is C14H13BrN2O4. The predicted octanol–water partition coefficient (Wildman–Crippen LogP) is 2.64. The molecule has 0 saturated heterocycles. The first-order chi connectivity index (χ1) is 10.0. The van der Waals surface area contributed by atoms with Gasteiger partial charge in [-0.1, -0.05) is 6.07 Å². The molecule has 2 amide bonds. The number of carbonyl (C=O) groups excluding carboxylic acids is 2. The summed E-state index contributed by atoms with van der Waals surface area (Å²) < 4.78 is 10.3. The lowest BCUT2D eigenvalue weighted by Crippen LogP contribution is -2.31. The normalized spacial score (nSPS) is 10.5. The fraction of sp³-hybridized carbons (Fsp3) is 0.214. The van der Waals surface area contributed by atoms with E-state index >= 15 is 0 Å². The number of ether oxygens (including phenoxy) is 2. The summed E-state index contributed by atoms with van der Waals surface area (Å²) in [6.45, 7) is 1.75. The Morgan fingerprint density at radius 1 is 1.48 bits per heavy atom. The molecule has 0 spiro atoms. The van der Waals surface area contributed by atoms with Gasteiger partial charge in [0.15, 0.2) is 0 Å². The topological polar surface area (TPSA) is 88.4 Å². The number of rotatable bonds is 4. The molecule has 0 bridgehead atoms. The van der Waals surface area contributed by atoms with Gasteiger partial charge in [0.2, 0.25) is 0 Å². The second-order valence-corrected chi connectivity index (χ2v) is 4.59. The molecular weight excluding hydrogens is 340 g/mol. The smallest absolute Gasteiger partial charge is 0.414 e. The van der Waals surface area contributed by atoms with E-state index in [-0.39, 0.29) is 12.2 Å². The number of halogens is 1. The molecule has 1 rings (SSSR count). The van der Waals surface area contributed by atoms with E-state index in [0.717, 1.165) is 0 Å². The summed E-state index contributed by atoms with van der Waals surface area (Å²) in [6.07, 6.45) is 0.471. The van der Waals surface area contributed by atoms with Crippen LogP contribution in [-0.4, -0.2) is 25.7 Å². The van der Waals surface area contributed by atoms with E-state index in [0.29, 0.717) is 15.8 Å². The van der Waals surface area contributed by atoms with Crippen molar-refractivity contribution in [2.24, 2.45) is 0 Å². The SMILES string of the molecule is CCOC(=O)NC(=O)/C(C#N)=C\c1ccc(OC)c(Br)c1. The van der Waals surface area contributed by atoms with E-state index in [2.05, 4.69) is 20.7 Å². The van der Waals surface area contributed by atoms with Gasteiger partial charge in [-0.3, -0.25) is 10.1 Å². The summed E-state index contributed by atoms with van der Waals surface area (Å²) in [5.74, 6) is -0.190. The lowest BCUT2D eigenvalue weighted by atomic mass is 10.1. The van der Waals surface area contributed by atoms with Gasteiger partial charge in [-0.15, -0.1) is 0 Å². The van der Waals surface area contributed by atoms with Gasteiger partial charge in [0, 0.05) is 0 Å². The van der Waals surface area contributed by atoms with Crippen molar-refractivity contribution in [1.82, 2.24) is 5.32 Å². The molecule has 1 aromatic carbocycles. The minimum absolute atomic E-state index is 0.135. The largest absolute Gasteiger partial charge is 0.496 e. The Balaban J connectivity index is 2.94. The number of methoxy groups -OCH3 is 1. The first-order valence-corrected chi connectivity index (χ1v) is 6.74. The molecule has 0 unspecified atom stereocenters. The predicted molar refractivity (Wildman–Crippen MR) is 79.4 cm³/mol. The lowest BCUT2D eigenvalue weighted by molar-refractivity contribution is -0.116. The zero-order valence-electron chi connectivity index (χ0n) is 11.5. The molecule has 0 saturated carbocycles. The number of benzene rings is 1. The molecule has 0 aliphatic carbocycles. The number of alkyl carbamates (subject to hydrolysis) is 1. The summed E-state index contributed by atoms with van der Waals surface area (Å²) >= 11 is 3.31. The number of nitrogens with zero attached hydrogens (tertiary/aromatic N) is 1. The van der Waals surface area contributed by atoms with Crippen LogP contribution in [0, 0.1) is 11.3 Å². The van der Waals surface area contributed by atoms with Gasteiger partial charge in [0.25, 0.3) is 5.91 Å². The Morgan fingerprint density at radius 3 is 2.71 bits per heavy atom. The summed E-state index contributed by atoms with van der Waals surface area (Å²) in [5.41, 5.74) is 0.401. The van der Waals surface area contributed by atoms with Gasteiger partial charge in [-0.05, 0) is 46.6 Å². The van der Waals surface area contributed by atoms with E-state index in [1.807, 2.05) is 5.32 Å². The fourth-order valence-corrected chi connectivity index (χ4v) is 1.97. The Bertz CT molecular complexity index is 620. The second-order valence-electron chi connectivity index (χ2n) is 3.74. The van der Waals surface area contributed by atoms with Crippen LogP contribution in [0.4, 0.5) is 4.79 Å². The van der Waals surface area contributed by atoms with Crippen molar-refractivity contribution >= 4 is 34.0 Å². The van der Waals surface area contributed by atoms with Crippen molar-refractivity contribution in [1.29, 1.82) is 5.26 Å². The van der Waals surface area contributed by atoms with Gasteiger partial charge in [0.1, 0.15) is 17.4 Å². The second kappa shape index (κ2) is 8.07. The Labute approximate surface area is 130 Å². The summed E-state index contributed by atoms with van der Waals surface area (Å²) in [7, 11) is 1.53. The highest BCUT2D eigenvalue weighted by Gasteiger charge is 2.13. The number of hydrogen-bond acceptors (Lipinski definition) is 5. The molecule has 21 heavy (non-hydrogen) atoms. The van der Waals surface area contributed by atoms with Crippen LogP contribution < -0.4 is 10.1 Å². The van der Waals surface area contributed by atoms with Crippen molar-refractivity contribution in [3.63, 3.8) is 0 Å². The van der Waals surface area contributed by atoms with Crippen LogP contribution in [0.3, 0.4) is 0 Å². The third-order valence-electron chi connectivity index (χ3n) is 2.34. The van der Waals surface area contributed by atoms with Crippen LogP contribution in [0.5, 0.6) is 5.75 Å². The molecule has 0 fully saturated rings. The van der Waals surface area contributed by atoms with E-state index in [4.69, 9.17) is 10.00 Å². The molecule has 1 N–H and O–H groups in total. The number of carbonyl (C=O) groups is 2. The van der Waals surface area contributed by atoms with Crippen LogP contribution in [0.15, 0.2) is 28.2 Å². The third kappa shape index (κ3) is 4.93. The Hall–Kier alpha value is -2.33. The molecule has 6 nitrogen and oxygen atoms in total. The maximum absolute atomic E-state index is 11.7. The Morgan fingerprint density at radius 2 is 2.19 bits per heavy atom. The van der Waals surface area contributed by atoms with Crippen molar-refractivity contribution in [2.45, 2.75) is 6.92 Å². The maximum atomic E-state index is 11.7. The average Bonchev–Trinajstić information content (AvgIpc) is 2.45. The molecule has 0 heterocycles. The molecule has 0 radical (unpaired) electrons. The van der Waals surface area contributed by atoms with E-state index in [1.54, 1.807) is 31.2 Å². The van der Waals surface area contributed by atoms with Crippen LogP contribution in [-0.2, 0) is 9.53 Å². The van der Waals surface area contributed by atoms with E-state index < -0.39 is 12.0 Å². The fourth-order valence-electron chi connectivity index (χ4n) is 1.41. The highest BCUT2D eigenvalue weighted by atomic mass is 79.9. The summed E-state index contributed by atoms with van der Waals surface area (Å²) in [5, 5.41) is 11.0. The van der Waals surface area contributed by atoms with Gasteiger partial charge < -0.3 is 9.47 Å². The van der Waals surface area contributed by atoms with Crippen molar-refractivity contribution in [3.8, 4) is 11.8 Å². The van der Waals surface area contributed by atoms with Gasteiger partial charge in [0.05, 0.1) is 18.2 Å². The molecule has 0 aliphatic rings. The van der Waals surface area contributed by atoms with Crippen LogP contribution in [0.2, 0.25) is 0 Å². The number of hydrogen-bond donors (Lipinski definition) is 1. The van der Waals surface area contributed by atoms with Gasteiger partial charge in [-0.2, -0.15) is 5.26 Å². The first kappa shape index (κ1) is 16.7. The van der Waals surface area contributed by atoms with Crippen LogP contribution >= 0.6 is 15.9 Å². The molecule has 110 valence electrons. The van der Waals surface area contributed by atoms with Gasteiger partial charge in [-0.25, -0.2) is 4.79 Å². The lowest BCUT2D eigenvalue weighted by Gasteiger charge is -2.05. The zero-order valence-corrected chi connectivity index (χ0v) is 13.1. The highest BCUT2D eigenvalue weighted by molar-refractivity contribution is 9.10. The standard InChI is InChI=1S/C14H13BrN2O4/c1-3-21-14(19)17-13(18)10(8-16)6-9-4-5-12(20-2)11(15)7-9/h4-7H,3H2,1-2H3,(H,17,18,19)/b10-6-. The maximum Gasteiger partial charge on any atom is 0.414 e. The van der Waals surface area contributed by atoms with Crippen molar-refractivity contribution in [2.75, 3.05) is 13.7 Å². The van der Waals surface area contributed by atoms with Crippen molar-refractivity contribution < 1.29 is 19.1 Å². The van der Waals surface area contributed by atoms with Crippen LogP contribution in [0.25, 0.3) is 6.08 Å². The first-order valence-electron chi connectivity index (χ1n) is 5.95. The summed E-state index contributed by atoms with van der Waals surface area (Å²) in [6, 6.07) is 6.80. The molecule has 0 aliphatic heterocycles. The quantitative estimate of drug-likeness (QED) is 0.664. The molecule has 1 aromatic rings. The summed E-state index contributed by atoms with van der Waals surface area (Å²) in [4.78, 5) is 22.9. The zero-order chi connectivity index (χ0) is 15.8. The molecule has 0 aromatic heterocycles. The van der Waals surface area contributed by atoms with Crippen LogP contribution in [0.1, 0.15) is 12.5 Å². The monoisotopic (exact) mass is 352 g/mol. The number of nitrogens with one attached hydrogen (secondary N) is 1. The molecule has 0 atom stereocenters. The van der Waals surface area contributed by atoms with Crippen molar-refractivity contribution in [3.05, 3.63) is 33.8 Å². The number of nitriles is 1. The average molecular weight is 353 g/mol. The molecule has 7 heteroatoms.